The quantitative estimate of drug-likeness (QED) is 0.818. The maximum absolute atomic E-state index is 12.8. The fourth-order valence-corrected chi connectivity index (χ4v) is 2.57. The third-order valence-electron chi connectivity index (χ3n) is 1.90. The van der Waals surface area contributed by atoms with Crippen molar-refractivity contribution in [3.05, 3.63) is 50.6 Å². The van der Waals surface area contributed by atoms with Gasteiger partial charge in [-0.3, -0.25) is 0 Å². The molecule has 0 saturated heterocycles. The molecule has 0 aliphatic heterocycles. The molecular weight excluding hydrogens is 298 g/mol. The average molecular weight is 305 g/mol. The number of benzene rings is 1. The highest BCUT2D eigenvalue weighted by Gasteiger charge is 2.04. The molecule has 2 rings (SSSR count). The molecule has 0 amide bonds. The van der Waals surface area contributed by atoms with Gasteiger partial charge in [0.1, 0.15) is 24.0 Å². The van der Waals surface area contributed by atoms with E-state index in [9.17, 15) is 8.78 Å². The molecule has 16 heavy (non-hydrogen) atoms. The number of halogens is 3. The third kappa shape index (κ3) is 2.80. The van der Waals surface area contributed by atoms with Crippen LogP contribution in [0.15, 0.2) is 34.1 Å². The lowest BCUT2D eigenvalue weighted by Gasteiger charge is -2.05. The first kappa shape index (κ1) is 11.5. The Kier molecular flexibility index (Phi) is 3.56. The van der Waals surface area contributed by atoms with E-state index in [1.54, 1.807) is 0 Å². The van der Waals surface area contributed by atoms with Crippen molar-refractivity contribution in [2.24, 2.45) is 0 Å². The number of hydrogen-bond acceptors (Lipinski definition) is 2. The van der Waals surface area contributed by atoms with E-state index in [4.69, 9.17) is 4.74 Å². The number of rotatable bonds is 3. The lowest BCUT2D eigenvalue weighted by molar-refractivity contribution is 0.305. The van der Waals surface area contributed by atoms with E-state index in [1.165, 1.54) is 11.3 Å². The van der Waals surface area contributed by atoms with Gasteiger partial charge in [0.25, 0.3) is 0 Å². The molecule has 1 heterocycles. The summed E-state index contributed by atoms with van der Waals surface area (Å²) in [7, 11) is 0. The first-order chi connectivity index (χ1) is 7.65. The van der Waals surface area contributed by atoms with Gasteiger partial charge in [-0.2, -0.15) is 0 Å². The molecule has 0 spiro atoms. The summed E-state index contributed by atoms with van der Waals surface area (Å²) >= 11 is 4.87. The second kappa shape index (κ2) is 4.93. The Hall–Kier alpha value is -0.940. The van der Waals surface area contributed by atoms with Crippen LogP contribution in [-0.4, -0.2) is 0 Å². The Morgan fingerprint density at radius 1 is 1.19 bits per heavy atom. The number of ether oxygens (including phenoxy) is 1. The molecule has 1 aromatic carbocycles. The zero-order valence-corrected chi connectivity index (χ0v) is 10.4. The Balaban J connectivity index is 2.07. The summed E-state index contributed by atoms with van der Waals surface area (Å²) in [5, 5.41) is 1.91. The van der Waals surface area contributed by atoms with Crippen LogP contribution in [-0.2, 0) is 6.61 Å². The van der Waals surface area contributed by atoms with Gasteiger partial charge < -0.3 is 4.74 Å². The van der Waals surface area contributed by atoms with Crippen LogP contribution in [0.4, 0.5) is 8.78 Å². The van der Waals surface area contributed by atoms with Gasteiger partial charge in [-0.1, -0.05) is 0 Å². The highest BCUT2D eigenvalue weighted by molar-refractivity contribution is 9.10. The fraction of sp³-hybridized carbons (Fsp3) is 0.0909. The molecule has 0 fully saturated rings. The van der Waals surface area contributed by atoms with Crippen LogP contribution in [0.25, 0.3) is 0 Å². The maximum Gasteiger partial charge on any atom is 0.129 e. The first-order valence-corrected chi connectivity index (χ1v) is 6.13. The fourth-order valence-electron chi connectivity index (χ4n) is 1.19. The smallest absolute Gasteiger partial charge is 0.129 e. The minimum Gasteiger partial charge on any atom is -0.488 e. The highest BCUT2D eigenvalue weighted by atomic mass is 79.9. The largest absolute Gasteiger partial charge is 0.488 e. The third-order valence-corrected chi connectivity index (χ3v) is 3.80. The van der Waals surface area contributed by atoms with Crippen LogP contribution in [0.3, 0.4) is 0 Å². The normalized spacial score (nSPS) is 10.4. The zero-order valence-electron chi connectivity index (χ0n) is 8.04. The van der Waals surface area contributed by atoms with E-state index in [1.807, 2.05) is 11.4 Å². The predicted octanol–water partition coefficient (Wildman–Crippen LogP) is 4.37. The van der Waals surface area contributed by atoms with Gasteiger partial charge in [0.05, 0.1) is 4.88 Å². The second-order valence-electron chi connectivity index (χ2n) is 3.09. The Morgan fingerprint density at radius 2 is 1.88 bits per heavy atom. The van der Waals surface area contributed by atoms with E-state index in [0.717, 1.165) is 27.5 Å². The molecule has 0 aliphatic rings. The molecule has 0 atom stereocenters. The Bertz CT molecular complexity index is 478. The standard InChI is InChI=1S/C11H7BrF2OS/c12-10-1-2-16-11(10)6-15-9-4-7(13)3-8(14)5-9/h1-5H,6H2. The van der Waals surface area contributed by atoms with Crippen molar-refractivity contribution in [3.63, 3.8) is 0 Å². The van der Waals surface area contributed by atoms with Crippen molar-refractivity contribution < 1.29 is 13.5 Å². The van der Waals surface area contributed by atoms with Crippen molar-refractivity contribution >= 4 is 27.3 Å². The number of hydrogen-bond donors (Lipinski definition) is 0. The molecule has 2 aromatic rings. The highest BCUT2D eigenvalue weighted by Crippen LogP contribution is 2.24. The van der Waals surface area contributed by atoms with Crippen molar-refractivity contribution in [2.75, 3.05) is 0 Å². The zero-order chi connectivity index (χ0) is 11.5. The van der Waals surface area contributed by atoms with E-state index in [0.29, 0.717) is 6.61 Å². The van der Waals surface area contributed by atoms with Crippen LogP contribution in [0.1, 0.15) is 4.88 Å². The van der Waals surface area contributed by atoms with Crippen LogP contribution in [0.5, 0.6) is 5.75 Å². The van der Waals surface area contributed by atoms with E-state index < -0.39 is 11.6 Å². The lowest BCUT2D eigenvalue weighted by Crippen LogP contribution is -1.94. The summed E-state index contributed by atoms with van der Waals surface area (Å²) in [5.41, 5.74) is 0. The molecular formula is C11H7BrF2OS. The minimum atomic E-state index is -0.639. The van der Waals surface area contributed by atoms with Gasteiger partial charge in [-0.05, 0) is 27.4 Å². The van der Waals surface area contributed by atoms with Crippen LogP contribution in [0, 0.1) is 11.6 Å². The Morgan fingerprint density at radius 3 is 2.44 bits per heavy atom. The molecule has 1 nitrogen and oxygen atoms in total. The summed E-state index contributed by atoms with van der Waals surface area (Å²) < 4.78 is 31.9. The van der Waals surface area contributed by atoms with Gasteiger partial charge in [-0.15, -0.1) is 11.3 Å². The molecule has 0 saturated carbocycles. The van der Waals surface area contributed by atoms with Crippen molar-refractivity contribution in [1.82, 2.24) is 0 Å². The van der Waals surface area contributed by atoms with Crippen LogP contribution < -0.4 is 4.74 Å². The van der Waals surface area contributed by atoms with E-state index in [-0.39, 0.29) is 5.75 Å². The molecule has 0 aliphatic carbocycles. The Labute approximate surface area is 104 Å². The van der Waals surface area contributed by atoms with Crippen molar-refractivity contribution in [2.45, 2.75) is 6.61 Å². The molecule has 84 valence electrons. The van der Waals surface area contributed by atoms with Crippen molar-refractivity contribution in [3.8, 4) is 5.75 Å². The maximum atomic E-state index is 12.8. The van der Waals surface area contributed by atoms with Gasteiger partial charge in [0.15, 0.2) is 0 Å². The van der Waals surface area contributed by atoms with Gasteiger partial charge in [0.2, 0.25) is 0 Å². The molecule has 0 radical (unpaired) electrons. The van der Waals surface area contributed by atoms with E-state index in [2.05, 4.69) is 15.9 Å². The van der Waals surface area contributed by atoms with Crippen molar-refractivity contribution in [1.29, 1.82) is 0 Å². The molecule has 0 unspecified atom stereocenters. The predicted molar refractivity (Wildman–Crippen MR) is 62.7 cm³/mol. The summed E-state index contributed by atoms with van der Waals surface area (Å²) in [6, 6.07) is 5.03. The molecule has 5 heteroatoms. The summed E-state index contributed by atoms with van der Waals surface area (Å²) in [6.45, 7) is 0.293. The second-order valence-corrected chi connectivity index (χ2v) is 4.94. The van der Waals surface area contributed by atoms with E-state index >= 15 is 0 Å². The summed E-state index contributed by atoms with van der Waals surface area (Å²) in [4.78, 5) is 0.977. The minimum absolute atomic E-state index is 0.192. The lowest BCUT2D eigenvalue weighted by atomic mass is 10.3. The van der Waals surface area contributed by atoms with Gasteiger partial charge >= 0.3 is 0 Å². The summed E-state index contributed by atoms with van der Waals surface area (Å²) in [6.07, 6.45) is 0. The monoisotopic (exact) mass is 304 g/mol. The number of thiophene rings is 1. The summed E-state index contributed by atoms with van der Waals surface area (Å²) in [5.74, 6) is -1.08. The SMILES string of the molecule is Fc1cc(F)cc(OCc2sccc2Br)c1. The molecule has 0 N–H and O–H groups in total. The van der Waals surface area contributed by atoms with Crippen LogP contribution in [0.2, 0.25) is 0 Å². The van der Waals surface area contributed by atoms with Gasteiger partial charge in [-0.25, -0.2) is 8.78 Å². The molecule has 1 aromatic heterocycles. The van der Waals surface area contributed by atoms with Gasteiger partial charge in [0, 0.05) is 22.7 Å². The first-order valence-electron chi connectivity index (χ1n) is 4.46. The topological polar surface area (TPSA) is 9.23 Å². The molecule has 0 bridgehead atoms. The van der Waals surface area contributed by atoms with Crippen LogP contribution >= 0.6 is 27.3 Å². The average Bonchev–Trinajstić information content (AvgIpc) is 2.59.